The molecule has 0 bridgehead atoms. The Hall–Kier alpha value is -2.29. The lowest BCUT2D eigenvalue weighted by atomic mass is 9.71. The Bertz CT molecular complexity index is 911. The number of amidine groups is 1. The number of halogens is 2. The molecule has 0 radical (unpaired) electrons. The molecule has 0 aromatic carbocycles. The first kappa shape index (κ1) is 17.8. The normalized spacial score (nSPS) is 29.6. The number of fused-ring (bicyclic) bond motifs is 1. The number of anilines is 1. The summed E-state index contributed by atoms with van der Waals surface area (Å²) in [6, 6.07) is 1.84. The molecule has 2 saturated carbocycles. The van der Waals surface area contributed by atoms with Crippen LogP contribution in [0.25, 0.3) is 0 Å². The van der Waals surface area contributed by atoms with Gasteiger partial charge in [-0.25, -0.2) is 18.5 Å². The van der Waals surface area contributed by atoms with Gasteiger partial charge in [-0.05, 0) is 32.6 Å². The average molecular weight is 391 g/mol. The van der Waals surface area contributed by atoms with Crippen LogP contribution >= 0.6 is 0 Å². The van der Waals surface area contributed by atoms with Gasteiger partial charge in [-0.1, -0.05) is 5.16 Å². The first-order valence-electron chi connectivity index (χ1n) is 9.82. The van der Waals surface area contributed by atoms with Crippen molar-refractivity contribution in [2.75, 3.05) is 5.32 Å². The number of aliphatic hydroxyl groups is 1. The van der Waals surface area contributed by atoms with E-state index in [1.54, 1.807) is 10.9 Å². The Morgan fingerprint density at radius 2 is 1.96 bits per heavy atom. The molecule has 150 valence electrons. The zero-order chi connectivity index (χ0) is 19.5. The van der Waals surface area contributed by atoms with E-state index >= 15 is 0 Å². The SMILES string of the molecule is Cc1cc([C@H]2CC[C@@H]2C2=NC(O)c3cnn(C4CCC(F)(F)CC4)c3N2)on1. The topological polar surface area (TPSA) is 88.5 Å². The molecule has 3 atom stereocenters. The lowest BCUT2D eigenvalue weighted by Gasteiger charge is -2.38. The summed E-state index contributed by atoms with van der Waals surface area (Å²) in [5, 5.41) is 22.2. The predicted molar refractivity (Wildman–Crippen MR) is 97.4 cm³/mol. The first-order valence-corrected chi connectivity index (χ1v) is 9.82. The minimum absolute atomic E-state index is 0.100. The fraction of sp³-hybridized carbons (Fsp3) is 0.632. The zero-order valence-corrected chi connectivity index (χ0v) is 15.6. The highest BCUT2D eigenvalue weighted by Crippen LogP contribution is 2.46. The van der Waals surface area contributed by atoms with Crippen LogP contribution in [0.15, 0.2) is 21.8 Å². The maximum atomic E-state index is 13.5. The van der Waals surface area contributed by atoms with E-state index in [2.05, 4.69) is 20.6 Å². The number of aryl methyl sites for hydroxylation is 1. The van der Waals surface area contributed by atoms with E-state index < -0.39 is 12.2 Å². The van der Waals surface area contributed by atoms with E-state index in [4.69, 9.17) is 4.52 Å². The fourth-order valence-corrected chi connectivity index (χ4v) is 4.51. The van der Waals surface area contributed by atoms with Crippen LogP contribution in [-0.4, -0.2) is 31.8 Å². The molecule has 7 nitrogen and oxygen atoms in total. The van der Waals surface area contributed by atoms with Crippen LogP contribution < -0.4 is 5.32 Å². The molecule has 2 N–H and O–H groups in total. The monoisotopic (exact) mass is 391 g/mol. The van der Waals surface area contributed by atoms with Crippen molar-refractivity contribution < 1.29 is 18.4 Å². The summed E-state index contributed by atoms with van der Waals surface area (Å²) in [7, 11) is 0. The van der Waals surface area contributed by atoms with Gasteiger partial charge in [0.1, 0.15) is 17.4 Å². The van der Waals surface area contributed by atoms with Gasteiger partial charge in [0.2, 0.25) is 5.92 Å². The van der Waals surface area contributed by atoms with E-state index in [0.717, 1.165) is 24.3 Å². The van der Waals surface area contributed by atoms with Crippen LogP contribution in [0, 0.1) is 12.8 Å². The van der Waals surface area contributed by atoms with Crippen molar-refractivity contribution in [1.82, 2.24) is 14.9 Å². The smallest absolute Gasteiger partial charge is 0.248 e. The molecule has 5 rings (SSSR count). The highest BCUT2D eigenvalue weighted by atomic mass is 19.3. The van der Waals surface area contributed by atoms with E-state index in [9.17, 15) is 13.9 Å². The van der Waals surface area contributed by atoms with Crippen molar-refractivity contribution in [3.05, 3.63) is 29.3 Å². The molecule has 2 aromatic heterocycles. The molecule has 1 unspecified atom stereocenters. The highest BCUT2D eigenvalue weighted by Gasteiger charge is 2.42. The van der Waals surface area contributed by atoms with Gasteiger partial charge in [0, 0.05) is 30.7 Å². The van der Waals surface area contributed by atoms with Gasteiger partial charge in [0.05, 0.1) is 23.5 Å². The maximum absolute atomic E-state index is 13.5. The molecule has 2 aliphatic carbocycles. The van der Waals surface area contributed by atoms with Crippen molar-refractivity contribution in [2.45, 2.75) is 69.6 Å². The molecule has 0 saturated heterocycles. The van der Waals surface area contributed by atoms with Crippen molar-refractivity contribution in [3.63, 3.8) is 0 Å². The van der Waals surface area contributed by atoms with Gasteiger partial charge in [-0.2, -0.15) is 5.10 Å². The fourth-order valence-electron chi connectivity index (χ4n) is 4.51. The first-order chi connectivity index (χ1) is 13.4. The molecule has 0 spiro atoms. The van der Waals surface area contributed by atoms with E-state index in [0.29, 0.717) is 30.1 Å². The minimum atomic E-state index is -2.59. The molecule has 28 heavy (non-hydrogen) atoms. The van der Waals surface area contributed by atoms with Gasteiger partial charge in [-0.15, -0.1) is 0 Å². The van der Waals surface area contributed by atoms with Gasteiger partial charge in [-0.3, -0.25) is 0 Å². The van der Waals surface area contributed by atoms with Crippen molar-refractivity contribution in [3.8, 4) is 0 Å². The number of aromatic nitrogens is 3. The van der Waals surface area contributed by atoms with Crippen LogP contribution in [0.1, 0.15) is 73.7 Å². The minimum Gasteiger partial charge on any atom is -0.368 e. The largest absolute Gasteiger partial charge is 0.368 e. The van der Waals surface area contributed by atoms with E-state index in [1.165, 1.54) is 0 Å². The number of nitrogens with zero attached hydrogens (tertiary/aromatic N) is 4. The summed E-state index contributed by atoms with van der Waals surface area (Å²) < 4.78 is 34.2. The number of aliphatic hydroxyl groups excluding tert-OH is 1. The molecule has 9 heteroatoms. The number of nitrogens with one attached hydrogen (secondary N) is 1. The molecule has 1 aliphatic heterocycles. The van der Waals surface area contributed by atoms with Crippen LogP contribution in [0.4, 0.5) is 14.6 Å². The average Bonchev–Trinajstić information content (AvgIpc) is 3.21. The summed E-state index contributed by atoms with van der Waals surface area (Å²) in [6.07, 6.45) is 2.96. The molecule has 2 aromatic rings. The third-order valence-electron chi connectivity index (χ3n) is 6.28. The Kier molecular flexibility index (Phi) is 4.04. The second kappa shape index (κ2) is 6.37. The summed E-state index contributed by atoms with van der Waals surface area (Å²) in [5.74, 6) is -0.0977. The summed E-state index contributed by atoms with van der Waals surface area (Å²) in [5.41, 5.74) is 1.43. The number of aliphatic imine (C=N–C) groups is 1. The predicted octanol–water partition coefficient (Wildman–Crippen LogP) is 3.94. The molecular weight excluding hydrogens is 368 g/mol. The van der Waals surface area contributed by atoms with Crippen LogP contribution in [0.5, 0.6) is 0 Å². The van der Waals surface area contributed by atoms with Crippen LogP contribution in [0.3, 0.4) is 0 Å². The lowest BCUT2D eigenvalue weighted by Crippen LogP contribution is -2.38. The Labute approximate surface area is 160 Å². The Morgan fingerprint density at radius 1 is 1.21 bits per heavy atom. The highest BCUT2D eigenvalue weighted by molar-refractivity contribution is 5.99. The summed E-state index contributed by atoms with van der Waals surface area (Å²) in [4.78, 5) is 4.44. The second-order valence-corrected chi connectivity index (χ2v) is 8.15. The molecule has 0 amide bonds. The van der Waals surface area contributed by atoms with Crippen molar-refractivity contribution in [1.29, 1.82) is 0 Å². The van der Waals surface area contributed by atoms with E-state index in [-0.39, 0.29) is 30.7 Å². The number of alkyl halides is 2. The quantitative estimate of drug-likeness (QED) is 0.827. The van der Waals surface area contributed by atoms with Gasteiger partial charge < -0.3 is 14.9 Å². The molecule has 2 fully saturated rings. The third-order valence-corrected chi connectivity index (χ3v) is 6.28. The van der Waals surface area contributed by atoms with Crippen molar-refractivity contribution in [2.24, 2.45) is 10.9 Å². The van der Waals surface area contributed by atoms with Crippen LogP contribution in [0.2, 0.25) is 0 Å². The van der Waals surface area contributed by atoms with E-state index in [1.807, 2.05) is 13.0 Å². The molecular formula is C19H23F2N5O2. The third kappa shape index (κ3) is 2.92. The Balaban J connectivity index is 1.37. The summed E-state index contributed by atoms with van der Waals surface area (Å²) >= 11 is 0. The summed E-state index contributed by atoms with van der Waals surface area (Å²) in [6.45, 7) is 1.89. The molecule has 3 heterocycles. The van der Waals surface area contributed by atoms with Gasteiger partial charge in [0.15, 0.2) is 6.23 Å². The number of rotatable bonds is 3. The van der Waals surface area contributed by atoms with Gasteiger partial charge >= 0.3 is 0 Å². The molecule has 3 aliphatic rings. The lowest BCUT2D eigenvalue weighted by molar-refractivity contribution is -0.0448. The van der Waals surface area contributed by atoms with Crippen LogP contribution in [-0.2, 0) is 0 Å². The number of hydrogen-bond donors (Lipinski definition) is 2. The van der Waals surface area contributed by atoms with Gasteiger partial charge in [0.25, 0.3) is 0 Å². The number of hydrogen-bond acceptors (Lipinski definition) is 6. The second-order valence-electron chi connectivity index (χ2n) is 8.15. The standard InChI is InChI=1S/C19H23F2N5O2/c1-10-8-15(28-25-10)12-2-3-13(12)16-23-17-14(18(27)24-16)9-22-26(17)11-4-6-19(20,21)7-5-11/h8-9,11-13,18,27H,2-7H2,1H3,(H,23,24)/t12-,13-,18?/m0/s1. The zero-order valence-electron chi connectivity index (χ0n) is 15.6. The van der Waals surface area contributed by atoms with Crippen molar-refractivity contribution >= 4 is 11.7 Å². The Morgan fingerprint density at radius 3 is 2.61 bits per heavy atom. The maximum Gasteiger partial charge on any atom is 0.248 e.